The number of hydrogen-bond acceptors (Lipinski definition) is 12. The van der Waals surface area contributed by atoms with Gasteiger partial charge in [-0.05, 0) is 55.5 Å². The maximum Gasteiger partial charge on any atom is 0.163 e. The van der Waals surface area contributed by atoms with Gasteiger partial charge in [-0.15, -0.1) is 0 Å². The summed E-state index contributed by atoms with van der Waals surface area (Å²) in [7, 11) is 0. The van der Waals surface area contributed by atoms with Crippen LogP contribution in [0.5, 0.6) is 23.0 Å². The van der Waals surface area contributed by atoms with E-state index < -0.39 is 11.6 Å². The van der Waals surface area contributed by atoms with Gasteiger partial charge in [0.2, 0.25) is 0 Å². The van der Waals surface area contributed by atoms with E-state index in [1.807, 2.05) is 19.1 Å². The number of phenolic OH excluding ortho intramolecular Hbond substituents is 1. The monoisotopic (exact) mass is 778 g/mol. The van der Waals surface area contributed by atoms with E-state index in [2.05, 4.69) is 30.6 Å². The van der Waals surface area contributed by atoms with Crippen LogP contribution in [-0.2, 0) is 9.47 Å². The predicted octanol–water partition coefficient (Wildman–Crippen LogP) is 8.77. The van der Waals surface area contributed by atoms with Crippen molar-refractivity contribution in [2.24, 2.45) is 0 Å². The zero-order valence-electron chi connectivity index (χ0n) is 28.8. The second kappa shape index (κ2) is 16.8. The SMILES string of the molecule is CCOc1cc2ncnc(Nc3ccc(F)c(Cl)c3)c2cc1OC1CCOC1.Oc1cc2ncnc(Nc3ccc(F)c(Cl)c3)c2cc1O[C@H]1CCOC1. The molecule has 12 nitrogen and oxygen atoms in total. The Balaban J connectivity index is 0.000000167. The van der Waals surface area contributed by atoms with Crippen molar-refractivity contribution in [1.29, 1.82) is 0 Å². The Bertz CT molecular complexity index is 2280. The molecule has 0 radical (unpaired) electrons. The van der Waals surface area contributed by atoms with Gasteiger partial charge in [0.1, 0.15) is 48.1 Å². The molecule has 2 aromatic heterocycles. The molecule has 0 bridgehead atoms. The van der Waals surface area contributed by atoms with E-state index >= 15 is 0 Å². The van der Waals surface area contributed by atoms with Gasteiger partial charge in [0.15, 0.2) is 23.0 Å². The normalized spacial score (nSPS) is 16.5. The Morgan fingerprint density at radius 2 is 1.22 bits per heavy atom. The van der Waals surface area contributed by atoms with Crippen molar-refractivity contribution in [2.75, 3.05) is 43.7 Å². The minimum absolute atomic E-state index is 0.00104. The number of halogens is 4. The predicted molar refractivity (Wildman–Crippen MR) is 201 cm³/mol. The number of nitrogens with one attached hydrogen (secondary N) is 2. The highest BCUT2D eigenvalue weighted by Gasteiger charge is 2.22. The number of phenols is 1. The van der Waals surface area contributed by atoms with Gasteiger partial charge in [0.05, 0.1) is 54.1 Å². The summed E-state index contributed by atoms with van der Waals surface area (Å²) in [5.41, 5.74) is 2.44. The first-order chi connectivity index (χ1) is 26.2. The molecule has 1 unspecified atom stereocenters. The second-order valence-electron chi connectivity index (χ2n) is 12.2. The second-order valence-corrected chi connectivity index (χ2v) is 13.1. The molecule has 2 saturated heterocycles. The molecule has 2 aliphatic heterocycles. The van der Waals surface area contributed by atoms with E-state index in [0.29, 0.717) is 89.7 Å². The van der Waals surface area contributed by atoms with Gasteiger partial charge < -0.3 is 39.4 Å². The number of anilines is 4. The molecule has 4 aromatic carbocycles. The van der Waals surface area contributed by atoms with Crippen molar-refractivity contribution in [3.63, 3.8) is 0 Å². The van der Waals surface area contributed by atoms with Crippen LogP contribution in [0.15, 0.2) is 73.3 Å². The van der Waals surface area contributed by atoms with Crippen molar-refractivity contribution >= 4 is 68.0 Å². The summed E-state index contributed by atoms with van der Waals surface area (Å²) in [5.74, 6) is 1.64. The van der Waals surface area contributed by atoms with Crippen molar-refractivity contribution in [3.05, 3.63) is 95.0 Å². The smallest absolute Gasteiger partial charge is 0.163 e. The molecule has 0 spiro atoms. The summed E-state index contributed by atoms with van der Waals surface area (Å²) in [4.78, 5) is 17.1. The topological polar surface area (TPSA) is 142 Å². The molecule has 4 heterocycles. The fourth-order valence-electron chi connectivity index (χ4n) is 5.78. The maximum atomic E-state index is 13.4. The lowest BCUT2D eigenvalue weighted by Crippen LogP contribution is -2.16. The van der Waals surface area contributed by atoms with Crippen LogP contribution in [0.4, 0.5) is 31.8 Å². The lowest BCUT2D eigenvalue weighted by Gasteiger charge is -2.17. The Morgan fingerprint density at radius 3 is 1.72 bits per heavy atom. The van der Waals surface area contributed by atoms with Gasteiger partial charge >= 0.3 is 0 Å². The molecule has 6 aromatic rings. The van der Waals surface area contributed by atoms with Gasteiger partial charge in [0, 0.05) is 47.1 Å². The molecule has 2 fully saturated rings. The first-order valence-corrected chi connectivity index (χ1v) is 17.8. The molecular formula is C38H34Cl2F2N6O6. The number of ether oxygens (including phenoxy) is 5. The first kappa shape index (κ1) is 37.1. The number of rotatable bonds is 10. The Hall–Kier alpha value is -5.28. The first-order valence-electron chi connectivity index (χ1n) is 17.1. The molecule has 8 rings (SSSR count). The highest BCUT2D eigenvalue weighted by Crippen LogP contribution is 2.38. The number of aromatic nitrogens is 4. The van der Waals surface area contributed by atoms with Crippen LogP contribution in [0.25, 0.3) is 21.8 Å². The minimum atomic E-state index is -0.496. The Kier molecular flexibility index (Phi) is 11.5. The van der Waals surface area contributed by atoms with Gasteiger partial charge in [-0.2, -0.15) is 0 Å². The van der Waals surface area contributed by atoms with Crippen LogP contribution >= 0.6 is 23.2 Å². The minimum Gasteiger partial charge on any atom is -0.504 e. The Morgan fingerprint density at radius 1 is 0.704 bits per heavy atom. The lowest BCUT2D eigenvalue weighted by molar-refractivity contribution is 0.138. The van der Waals surface area contributed by atoms with Gasteiger partial charge in [0.25, 0.3) is 0 Å². The van der Waals surface area contributed by atoms with Crippen LogP contribution in [-0.4, -0.2) is 70.3 Å². The van der Waals surface area contributed by atoms with Crippen LogP contribution < -0.4 is 24.8 Å². The molecule has 54 heavy (non-hydrogen) atoms. The molecule has 0 aliphatic carbocycles. The average Bonchev–Trinajstić information content (AvgIpc) is 3.88. The summed E-state index contributed by atoms with van der Waals surface area (Å²) in [6.07, 6.45) is 4.30. The van der Waals surface area contributed by atoms with Gasteiger partial charge in [-0.3, -0.25) is 0 Å². The Labute approximate surface area is 318 Å². The van der Waals surface area contributed by atoms with Crippen molar-refractivity contribution in [1.82, 2.24) is 19.9 Å². The highest BCUT2D eigenvalue weighted by atomic mass is 35.5. The van der Waals surface area contributed by atoms with Gasteiger partial charge in [-0.1, -0.05) is 23.2 Å². The van der Waals surface area contributed by atoms with Crippen molar-refractivity contribution in [2.45, 2.75) is 32.0 Å². The zero-order chi connectivity index (χ0) is 37.6. The third kappa shape index (κ3) is 8.74. The number of benzene rings is 4. The fourth-order valence-corrected chi connectivity index (χ4v) is 6.14. The van der Waals surface area contributed by atoms with Crippen molar-refractivity contribution in [3.8, 4) is 23.0 Å². The third-order valence-electron chi connectivity index (χ3n) is 8.44. The lowest BCUT2D eigenvalue weighted by atomic mass is 10.2. The summed E-state index contributed by atoms with van der Waals surface area (Å²) in [6.45, 7) is 4.78. The molecular weight excluding hydrogens is 745 g/mol. The summed E-state index contributed by atoms with van der Waals surface area (Å²) < 4.78 is 55.1. The average molecular weight is 780 g/mol. The molecule has 280 valence electrons. The molecule has 3 N–H and O–H groups in total. The summed E-state index contributed by atoms with van der Waals surface area (Å²) >= 11 is 11.7. The quantitative estimate of drug-likeness (QED) is 0.122. The van der Waals surface area contributed by atoms with Gasteiger partial charge in [-0.25, -0.2) is 28.7 Å². The molecule has 0 amide bonds. The molecule has 2 atom stereocenters. The number of hydrogen-bond donors (Lipinski definition) is 3. The van der Waals surface area contributed by atoms with Crippen LogP contribution in [0.2, 0.25) is 10.0 Å². The van der Waals surface area contributed by atoms with E-state index in [1.165, 1.54) is 43.0 Å². The third-order valence-corrected chi connectivity index (χ3v) is 9.02. The summed E-state index contributed by atoms with van der Waals surface area (Å²) in [6, 6.07) is 15.6. The molecule has 2 aliphatic rings. The highest BCUT2D eigenvalue weighted by molar-refractivity contribution is 6.31. The van der Waals surface area contributed by atoms with E-state index in [0.717, 1.165) is 18.2 Å². The summed E-state index contributed by atoms with van der Waals surface area (Å²) in [5, 5.41) is 17.9. The number of fused-ring (bicyclic) bond motifs is 2. The maximum absolute atomic E-state index is 13.4. The fraction of sp³-hybridized carbons (Fsp3) is 0.263. The largest absolute Gasteiger partial charge is 0.504 e. The van der Waals surface area contributed by atoms with Crippen LogP contribution in [0.3, 0.4) is 0 Å². The van der Waals surface area contributed by atoms with E-state index in [1.54, 1.807) is 18.2 Å². The zero-order valence-corrected chi connectivity index (χ0v) is 30.3. The molecule has 16 heteroatoms. The van der Waals surface area contributed by atoms with E-state index in [-0.39, 0.29) is 28.0 Å². The van der Waals surface area contributed by atoms with Crippen LogP contribution in [0.1, 0.15) is 19.8 Å². The van der Waals surface area contributed by atoms with Crippen molar-refractivity contribution < 1.29 is 37.6 Å². The van der Waals surface area contributed by atoms with E-state index in [4.69, 9.17) is 46.9 Å². The number of aromatic hydroxyl groups is 1. The van der Waals surface area contributed by atoms with E-state index in [9.17, 15) is 13.9 Å². The standard InChI is InChI=1S/C20H19ClFN3O3.C18H15ClFN3O3/c1-2-27-18-9-17-14(8-19(18)28-13-5-6-26-10-13)20(24-11-23-17)25-12-3-4-16(22)15(21)7-12;19-13-5-10(1-2-14(13)20)23-18-12-6-17(26-11-3-4-25-8-11)16(24)7-15(12)21-9-22-18/h3-4,7-9,11,13H,2,5-6,10H2,1H3,(H,23,24,25);1-2,5-7,9,11,24H,3-4,8H2,(H,21,22,23)/t;11-/m.0/s1. The van der Waals surface area contributed by atoms with Crippen LogP contribution in [0, 0.1) is 11.6 Å². The molecule has 0 saturated carbocycles. The number of nitrogens with zero attached hydrogens (tertiary/aromatic N) is 4.